The predicted octanol–water partition coefficient (Wildman–Crippen LogP) is 4.02. The Morgan fingerprint density at radius 3 is 2.28 bits per heavy atom. The smallest absolute Gasteiger partial charge is 0.412 e. The maximum Gasteiger partial charge on any atom is 0.442 e. The zero-order valence-electron chi connectivity index (χ0n) is 18.3. The molecule has 1 heterocycles. The summed E-state index contributed by atoms with van der Waals surface area (Å²) in [7, 11) is 0. The number of rotatable bonds is 10. The van der Waals surface area contributed by atoms with Crippen molar-refractivity contribution in [1.29, 1.82) is 0 Å². The Balaban J connectivity index is 0. The number of fused-ring (bicyclic) bond motifs is 1. The van der Waals surface area contributed by atoms with Crippen molar-refractivity contribution in [1.82, 2.24) is 10.2 Å². The second kappa shape index (κ2) is 15.6. The van der Waals surface area contributed by atoms with E-state index in [-0.39, 0.29) is 41.7 Å². The lowest BCUT2D eigenvalue weighted by atomic mass is 10.0. The first-order chi connectivity index (χ1) is 13.6. The second-order valence-corrected chi connectivity index (χ2v) is 6.79. The molecule has 3 rings (SSSR count). The molecule has 1 aromatic heterocycles. The lowest BCUT2D eigenvalue weighted by molar-refractivity contribution is -0.400. The van der Waals surface area contributed by atoms with Crippen LogP contribution in [0.2, 0.25) is 0 Å². The van der Waals surface area contributed by atoms with E-state index in [4.69, 9.17) is 4.42 Å². The summed E-state index contributed by atoms with van der Waals surface area (Å²) in [6.45, 7) is 9.27. The van der Waals surface area contributed by atoms with Crippen molar-refractivity contribution >= 4 is 41.7 Å². The summed E-state index contributed by atoms with van der Waals surface area (Å²) in [4.78, 5) is 13.4. The van der Waals surface area contributed by atoms with Crippen LogP contribution in [0, 0.1) is 10.1 Å². The summed E-state index contributed by atoms with van der Waals surface area (Å²) < 4.78 is 5.54. The van der Waals surface area contributed by atoms with Crippen LogP contribution in [0.3, 0.4) is 0 Å². The summed E-state index contributed by atoms with van der Waals surface area (Å²) in [5, 5.41) is 15.7. The molecule has 0 unspecified atom stereocenters. The molecule has 10 heteroatoms. The molecule has 0 saturated carbocycles. The molecular formula is C22H33Cl2N3O5. The highest BCUT2D eigenvalue weighted by Gasteiger charge is 2.25. The third-order valence-electron chi connectivity index (χ3n) is 5.01. The number of hydrogen-bond acceptors (Lipinski definition) is 5. The molecule has 0 bridgehead atoms. The summed E-state index contributed by atoms with van der Waals surface area (Å²) in [6.07, 6.45) is 1.09. The van der Waals surface area contributed by atoms with Gasteiger partial charge in [-0.2, -0.15) is 0 Å². The molecule has 0 atom stereocenters. The van der Waals surface area contributed by atoms with E-state index in [1.807, 2.05) is 48.5 Å². The minimum absolute atomic E-state index is 0. The number of nitrogens with zero attached hydrogens (tertiary/aromatic N) is 2. The lowest BCUT2D eigenvalue weighted by Gasteiger charge is -2.17. The molecule has 0 amide bonds. The Hall–Kier alpha value is -2.20. The number of hydrogen-bond donors (Lipinski definition) is 1. The SMILES string of the molecule is CCN(CC)CCCNCc1ccc2oc([N+](=O)[O-])c(-c3ccccc3)c2c1.Cl.Cl.O.O. The van der Waals surface area contributed by atoms with E-state index in [1.165, 1.54) is 0 Å². The van der Waals surface area contributed by atoms with E-state index in [0.717, 1.165) is 55.7 Å². The zero-order chi connectivity index (χ0) is 19.9. The summed E-state index contributed by atoms with van der Waals surface area (Å²) in [5.74, 6) is -0.203. The fourth-order valence-corrected chi connectivity index (χ4v) is 3.45. The average Bonchev–Trinajstić information content (AvgIpc) is 3.10. The van der Waals surface area contributed by atoms with Crippen molar-refractivity contribution in [3.05, 3.63) is 64.2 Å². The monoisotopic (exact) mass is 489 g/mol. The van der Waals surface area contributed by atoms with Gasteiger partial charge in [-0.1, -0.05) is 50.2 Å². The van der Waals surface area contributed by atoms with Crippen molar-refractivity contribution in [3.8, 4) is 11.1 Å². The van der Waals surface area contributed by atoms with Crippen LogP contribution >= 0.6 is 24.8 Å². The first-order valence-electron chi connectivity index (χ1n) is 9.82. The summed E-state index contributed by atoms with van der Waals surface area (Å²) in [6, 6.07) is 15.2. The van der Waals surface area contributed by atoms with Crippen molar-refractivity contribution < 1.29 is 20.3 Å². The topological polar surface area (TPSA) is 135 Å². The van der Waals surface area contributed by atoms with Gasteiger partial charge in [-0.15, -0.1) is 24.8 Å². The molecule has 2 aromatic carbocycles. The van der Waals surface area contributed by atoms with Gasteiger partial charge in [0.25, 0.3) is 0 Å². The highest BCUT2D eigenvalue weighted by Crippen LogP contribution is 2.39. The van der Waals surface area contributed by atoms with Crippen molar-refractivity contribution in [2.75, 3.05) is 26.2 Å². The van der Waals surface area contributed by atoms with Crippen LogP contribution in [0.5, 0.6) is 0 Å². The van der Waals surface area contributed by atoms with Crippen LogP contribution in [0.25, 0.3) is 22.1 Å². The number of benzene rings is 2. The highest BCUT2D eigenvalue weighted by atomic mass is 35.5. The van der Waals surface area contributed by atoms with Gasteiger partial charge in [0.1, 0.15) is 16.1 Å². The van der Waals surface area contributed by atoms with E-state index in [0.29, 0.717) is 11.1 Å². The predicted molar refractivity (Wildman–Crippen MR) is 134 cm³/mol. The number of nitro groups is 1. The molecule has 8 nitrogen and oxygen atoms in total. The van der Waals surface area contributed by atoms with E-state index < -0.39 is 4.92 Å². The highest BCUT2D eigenvalue weighted by molar-refractivity contribution is 5.98. The minimum Gasteiger partial charge on any atom is -0.412 e. The molecule has 0 aliphatic carbocycles. The van der Waals surface area contributed by atoms with Gasteiger partial charge in [-0.3, -0.25) is 10.1 Å². The van der Waals surface area contributed by atoms with Gasteiger partial charge in [0, 0.05) is 11.9 Å². The molecule has 180 valence electrons. The van der Waals surface area contributed by atoms with E-state index in [9.17, 15) is 10.1 Å². The van der Waals surface area contributed by atoms with Crippen LogP contribution in [-0.2, 0) is 6.54 Å². The normalized spacial score (nSPS) is 9.97. The van der Waals surface area contributed by atoms with Gasteiger partial charge in [0.15, 0.2) is 0 Å². The Morgan fingerprint density at radius 2 is 1.69 bits per heavy atom. The van der Waals surface area contributed by atoms with Crippen molar-refractivity contribution in [3.63, 3.8) is 0 Å². The van der Waals surface area contributed by atoms with Gasteiger partial charge in [-0.05, 0) is 55.9 Å². The molecule has 0 aliphatic heterocycles. The maximum absolute atomic E-state index is 11.5. The fraction of sp³-hybridized carbons (Fsp3) is 0.364. The molecule has 0 aliphatic rings. The van der Waals surface area contributed by atoms with Crippen molar-refractivity contribution in [2.45, 2.75) is 26.8 Å². The van der Waals surface area contributed by atoms with Gasteiger partial charge in [-0.25, -0.2) is 0 Å². The summed E-state index contributed by atoms with van der Waals surface area (Å²) in [5.41, 5.74) is 2.96. The fourth-order valence-electron chi connectivity index (χ4n) is 3.45. The van der Waals surface area contributed by atoms with Gasteiger partial charge >= 0.3 is 5.88 Å². The maximum atomic E-state index is 11.5. The molecule has 0 spiro atoms. The van der Waals surface area contributed by atoms with E-state index >= 15 is 0 Å². The Bertz CT molecular complexity index is 934. The van der Waals surface area contributed by atoms with Crippen molar-refractivity contribution in [2.24, 2.45) is 0 Å². The molecule has 3 aromatic rings. The number of halogens is 2. The third kappa shape index (κ3) is 7.74. The Labute approximate surface area is 200 Å². The molecule has 0 radical (unpaired) electrons. The number of nitrogens with one attached hydrogen (secondary N) is 1. The lowest BCUT2D eigenvalue weighted by Crippen LogP contribution is -2.27. The summed E-state index contributed by atoms with van der Waals surface area (Å²) >= 11 is 0. The quantitative estimate of drug-likeness (QED) is 0.260. The van der Waals surface area contributed by atoms with Crippen LogP contribution in [0.4, 0.5) is 5.88 Å². The Kier molecular flexibility index (Phi) is 15.6. The van der Waals surface area contributed by atoms with Gasteiger partial charge in [0.2, 0.25) is 0 Å². The van der Waals surface area contributed by atoms with Gasteiger partial charge < -0.3 is 25.6 Å². The molecule has 5 N–H and O–H groups in total. The molecule has 0 saturated heterocycles. The minimum atomic E-state index is -0.451. The molecule has 32 heavy (non-hydrogen) atoms. The zero-order valence-corrected chi connectivity index (χ0v) is 19.9. The van der Waals surface area contributed by atoms with Crippen LogP contribution in [0.15, 0.2) is 52.9 Å². The first kappa shape index (κ1) is 32.0. The van der Waals surface area contributed by atoms with Gasteiger partial charge in [0.05, 0.1) is 0 Å². The Morgan fingerprint density at radius 1 is 1.03 bits per heavy atom. The van der Waals surface area contributed by atoms with E-state index in [2.05, 4.69) is 24.1 Å². The molecule has 0 fully saturated rings. The first-order valence-corrected chi connectivity index (χ1v) is 9.82. The standard InChI is InChI=1S/C22H27N3O3.2ClH.2H2O/c1-3-24(4-2)14-8-13-23-16-17-11-12-20-19(15-17)21(22(28-20)25(26)27)18-9-6-5-7-10-18;;;;/h5-7,9-12,15,23H,3-4,8,13-14,16H2,1-2H3;2*1H;2*1H2. The van der Waals surface area contributed by atoms with E-state index in [1.54, 1.807) is 0 Å². The third-order valence-corrected chi connectivity index (χ3v) is 5.01. The van der Waals surface area contributed by atoms with Crippen LogP contribution < -0.4 is 5.32 Å². The largest absolute Gasteiger partial charge is 0.442 e. The number of furan rings is 1. The van der Waals surface area contributed by atoms with Crippen LogP contribution in [0.1, 0.15) is 25.8 Å². The molecular weight excluding hydrogens is 457 g/mol. The second-order valence-electron chi connectivity index (χ2n) is 6.79. The average molecular weight is 490 g/mol. The van der Waals surface area contributed by atoms with Crippen LogP contribution in [-0.4, -0.2) is 47.0 Å².